The summed E-state index contributed by atoms with van der Waals surface area (Å²) >= 11 is 6.10. The molecule has 1 aromatic carbocycles. The SMILES string of the molecule is CN(C)c1c(Cl)cccc1NC(=O)c1ncn[nH]1. The van der Waals surface area contributed by atoms with Crippen LogP contribution in [0.25, 0.3) is 0 Å². The van der Waals surface area contributed by atoms with Gasteiger partial charge in [-0.15, -0.1) is 0 Å². The van der Waals surface area contributed by atoms with Crippen molar-refractivity contribution >= 4 is 28.9 Å². The molecule has 2 rings (SSSR count). The van der Waals surface area contributed by atoms with E-state index in [0.717, 1.165) is 5.69 Å². The number of amides is 1. The van der Waals surface area contributed by atoms with E-state index in [1.807, 2.05) is 19.0 Å². The van der Waals surface area contributed by atoms with Crippen LogP contribution in [0.2, 0.25) is 5.02 Å². The summed E-state index contributed by atoms with van der Waals surface area (Å²) in [5.41, 5.74) is 1.36. The molecule has 7 heteroatoms. The summed E-state index contributed by atoms with van der Waals surface area (Å²) in [6, 6.07) is 5.31. The molecule has 0 unspecified atom stereocenters. The molecule has 0 aliphatic rings. The fourth-order valence-electron chi connectivity index (χ4n) is 1.57. The Morgan fingerprint density at radius 2 is 2.22 bits per heavy atom. The van der Waals surface area contributed by atoms with Gasteiger partial charge >= 0.3 is 0 Å². The van der Waals surface area contributed by atoms with E-state index in [9.17, 15) is 4.79 Å². The average Bonchev–Trinajstić information content (AvgIpc) is 2.81. The Kier molecular flexibility index (Phi) is 3.47. The van der Waals surface area contributed by atoms with Crippen molar-refractivity contribution in [1.29, 1.82) is 0 Å². The summed E-state index contributed by atoms with van der Waals surface area (Å²) in [7, 11) is 3.70. The normalized spacial score (nSPS) is 10.2. The fourth-order valence-corrected chi connectivity index (χ4v) is 1.91. The molecule has 2 N–H and O–H groups in total. The maximum Gasteiger partial charge on any atom is 0.293 e. The van der Waals surface area contributed by atoms with Gasteiger partial charge in [-0.25, -0.2) is 4.98 Å². The third-order valence-electron chi connectivity index (χ3n) is 2.31. The molecule has 0 aliphatic carbocycles. The summed E-state index contributed by atoms with van der Waals surface area (Å²) < 4.78 is 0. The van der Waals surface area contributed by atoms with Crippen molar-refractivity contribution in [2.75, 3.05) is 24.3 Å². The number of anilines is 2. The number of hydrogen-bond donors (Lipinski definition) is 2. The average molecular weight is 266 g/mol. The Hall–Kier alpha value is -2.08. The number of hydrogen-bond acceptors (Lipinski definition) is 4. The van der Waals surface area contributed by atoms with Crippen LogP contribution in [0, 0.1) is 0 Å². The highest BCUT2D eigenvalue weighted by Gasteiger charge is 2.14. The summed E-state index contributed by atoms with van der Waals surface area (Å²) in [6.45, 7) is 0. The lowest BCUT2D eigenvalue weighted by molar-refractivity contribution is 0.101. The van der Waals surface area contributed by atoms with E-state index in [1.165, 1.54) is 6.33 Å². The van der Waals surface area contributed by atoms with Crippen molar-refractivity contribution < 1.29 is 4.79 Å². The Labute approximate surface area is 109 Å². The van der Waals surface area contributed by atoms with Gasteiger partial charge in [0.1, 0.15) is 6.33 Å². The minimum atomic E-state index is -0.363. The largest absolute Gasteiger partial charge is 0.375 e. The first-order chi connectivity index (χ1) is 8.59. The third-order valence-corrected chi connectivity index (χ3v) is 2.62. The number of halogens is 1. The van der Waals surface area contributed by atoms with Crippen molar-refractivity contribution in [2.45, 2.75) is 0 Å². The van der Waals surface area contributed by atoms with E-state index >= 15 is 0 Å². The lowest BCUT2D eigenvalue weighted by atomic mass is 10.2. The first kappa shape index (κ1) is 12.4. The summed E-state index contributed by atoms with van der Waals surface area (Å²) in [4.78, 5) is 17.5. The number of benzene rings is 1. The fraction of sp³-hybridized carbons (Fsp3) is 0.182. The first-order valence-electron chi connectivity index (χ1n) is 5.22. The molecule has 18 heavy (non-hydrogen) atoms. The lowest BCUT2D eigenvalue weighted by Gasteiger charge is -2.19. The predicted molar refractivity (Wildman–Crippen MR) is 70.1 cm³/mol. The molecule has 0 spiro atoms. The lowest BCUT2D eigenvalue weighted by Crippen LogP contribution is -2.18. The van der Waals surface area contributed by atoms with E-state index in [2.05, 4.69) is 20.5 Å². The summed E-state index contributed by atoms with van der Waals surface area (Å²) in [5.74, 6) is -0.211. The highest BCUT2D eigenvalue weighted by molar-refractivity contribution is 6.34. The van der Waals surface area contributed by atoms with Crippen molar-refractivity contribution in [3.63, 3.8) is 0 Å². The quantitative estimate of drug-likeness (QED) is 0.887. The molecule has 1 amide bonds. The monoisotopic (exact) mass is 265 g/mol. The van der Waals surface area contributed by atoms with Crippen LogP contribution in [0.4, 0.5) is 11.4 Å². The van der Waals surface area contributed by atoms with Crippen LogP contribution in [-0.4, -0.2) is 35.2 Å². The molecule has 94 valence electrons. The van der Waals surface area contributed by atoms with E-state index in [4.69, 9.17) is 11.6 Å². The number of rotatable bonds is 3. The van der Waals surface area contributed by atoms with Gasteiger partial charge in [-0.05, 0) is 12.1 Å². The molecule has 0 bridgehead atoms. The second-order valence-electron chi connectivity index (χ2n) is 3.82. The zero-order valence-electron chi connectivity index (χ0n) is 9.94. The zero-order chi connectivity index (χ0) is 13.1. The number of aromatic amines is 1. The van der Waals surface area contributed by atoms with Gasteiger partial charge < -0.3 is 10.2 Å². The van der Waals surface area contributed by atoms with Crippen molar-refractivity contribution in [3.8, 4) is 0 Å². The van der Waals surface area contributed by atoms with Gasteiger partial charge in [0.2, 0.25) is 5.82 Å². The van der Waals surface area contributed by atoms with Crippen LogP contribution >= 0.6 is 11.6 Å². The van der Waals surface area contributed by atoms with Crippen LogP contribution in [-0.2, 0) is 0 Å². The van der Waals surface area contributed by atoms with Crippen LogP contribution in [0.1, 0.15) is 10.6 Å². The van der Waals surface area contributed by atoms with Crippen LogP contribution in [0.5, 0.6) is 0 Å². The molecule has 6 nitrogen and oxygen atoms in total. The number of para-hydroxylation sites is 1. The van der Waals surface area contributed by atoms with Gasteiger partial charge in [-0.2, -0.15) is 5.10 Å². The Morgan fingerprint density at radius 3 is 2.83 bits per heavy atom. The highest BCUT2D eigenvalue weighted by atomic mass is 35.5. The van der Waals surface area contributed by atoms with E-state index < -0.39 is 0 Å². The van der Waals surface area contributed by atoms with Gasteiger partial charge in [-0.1, -0.05) is 17.7 Å². The molecule has 0 radical (unpaired) electrons. The van der Waals surface area contributed by atoms with E-state index in [-0.39, 0.29) is 11.7 Å². The third kappa shape index (κ3) is 2.43. The zero-order valence-corrected chi connectivity index (χ0v) is 10.7. The molecule has 0 atom stereocenters. The second-order valence-corrected chi connectivity index (χ2v) is 4.23. The van der Waals surface area contributed by atoms with Gasteiger partial charge in [0, 0.05) is 14.1 Å². The Morgan fingerprint density at radius 1 is 1.44 bits per heavy atom. The first-order valence-corrected chi connectivity index (χ1v) is 5.60. The molecule has 0 fully saturated rings. The van der Waals surface area contributed by atoms with Crippen LogP contribution < -0.4 is 10.2 Å². The highest BCUT2D eigenvalue weighted by Crippen LogP contribution is 2.32. The number of carbonyl (C=O) groups is 1. The molecular weight excluding hydrogens is 254 g/mol. The number of carbonyl (C=O) groups excluding carboxylic acids is 1. The molecule has 0 saturated heterocycles. The molecule has 2 aromatic rings. The van der Waals surface area contributed by atoms with E-state index in [1.54, 1.807) is 18.2 Å². The molecule has 1 heterocycles. The van der Waals surface area contributed by atoms with Crippen LogP contribution in [0.3, 0.4) is 0 Å². The number of nitrogens with zero attached hydrogens (tertiary/aromatic N) is 3. The predicted octanol–water partition coefficient (Wildman–Crippen LogP) is 1.78. The van der Waals surface area contributed by atoms with Gasteiger partial charge in [-0.3, -0.25) is 9.89 Å². The smallest absolute Gasteiger partial charge is 0.293 e. The van der Waals surface area contributed by atoms with Crippen LogP contribution in [0.15, 0.2) is 24.5 Å². The van der Waals surface area contributed by atoms with Gasteiger partial charge in [0.15, 0.2) is 0 Å². The Bertz CT molecular complexity index is 553. The number of nitrogens with one attached hydrogen (secondary N) is 2. The standard InChI is InChI=1S/C11H12ClN5O/c1-17(2)9-7(12)4-3-5-8(9)15-11(18)10-13-6-14-16-10/h3-6H,1-2H3,(H,15,18)(H,13,14,16). The van der Waals surface area contributed by atoms with Crippen molar-refractivity contribution in [3.05, 3.63) is 35.4 Å². The Balaban J connectivity index is 2.29. The van der Waals surface area contributed by atoms with Crippen molar-refractivity contribution in [2.24, 2.45) is 0 Å². The summed E-state index contributed by atoms with van der Waals surface area (Å²) in [6.07, 6.45) is 1.28. The second kappa shape index (κ2) is 5.05. The number of aromatic nitrogens is 3. The number of H-pyrrole nitrogens is 1. The van der Waals surface area contributed by atoms with Gasteiger partial charge in [0.05, 0.1) is 16.4 Å². The molecule has 0 saturated carbocycles. The van der Waals surface area contributed by atoms with Gasteiger partial charge in [0.25, 0.3) is 5.91 Å². The van der Waals surface area contributed by atoms with E-state index in [0.29, 0.717) is 10.7 Å². The molecule has 0 aliphatic heterocycles. The molecular formula is C11H12ClN5O. The minimum Gasteiger partial charge on any atom is -0.375 e. The summed E-state index contributed by atoms with van der Waals surface area (Å²) in [5, 5.41) is 9.43. The molecule has 1 aromatic heterocycles. The maximum atomic E-state index is 11.9. The van der Waals surface area contributed by atoms with Crippen molar-refractivity contribution in [1.82, 2.24) is 15.2 Å². The topological polar surface area (TPSA) is 73.9 Å². The minimum absolute atomic E-state index is 0.152. The maximum absolute atomic E-state index is 11.9.